The van der Waals surface area contributed by atoms with Crippen LogP contribution in [0.3, 0.4) is 0 Å². The van der Waals surface area contributed by atoms with E-state index >= 15 is 0 Å². The maximum Gasteiger partial charge on any atom is 0.237 e. The molecule has 16 heavy (non-hydrogen) atoms. The second-order valence-corrected chi connectivity index (χ2v) is 5.41. The van der Waals surface area contributed by atoms with Crippen molar-refractivity contribution in [3.8, 4) is 0 Å². The monoisotopic (exact) mass is 224 g/mol. The zero-order valence-electron chi connectivity index (χ0n) is 10.6. The minimum Gasteiger partial charge on any atom is -0.325 e. The van der Waals surface area contributed by atoms with Crippen LogP contribution in [0.2, 0.25) is 0 Å². The van der Waals surface area contributed by atoms with Crippen LogP contribution in [0.5, 0.6) is 0 Å². The van der Waals surface area contributed by atoms with E-state index in [-0.39, 0.29) is 0 Å². The minimum absolute atomic E-state index is 0.304. The topological polar surface area (TPSA) is 32.3 Å². The van der Waals surface area contributed by atoms with Gasteiger partial charge in [-0.1, -0.05) is 26.7 Å². The fraction of sp³-hybridized carbons (Fsp3) is 0.923. The highest BCUT2D eigenvalue weighted by Gasteiger charge is 2.41. The molecule has 1 unspecified atom stereocenters. The van der Waals surface area contributed by atoms with Crippen molar-refractivity contribution in [2.75, 3.05) is 13.1 Å². The predicted octanol–water partition coefficient (Wildman–Crippen LogP) is 2.12. The molecule has 1 atom stereocenters. The maximum absolute atomic E-state index is 11.9. The Kier molecular flexibility index (Phi) is 3.53. The maximum atomic E-state index is 11.9. The lowest BCUT2D eigenvalue weighted by molar-refractivity contribution is -0.130. The number of hydrogen-bond acceptors (Lipinski definition) is 2. The highest BCUT2D eigenvalue weighted by Crippen LogP contribution is 2.44. The summed E-state index contributed by atoms with van der Waals surface area (Å²) in [5.41, 5.74) is 0.452. The summed E-state index contributed by atoms with van der Waals surface area (Å²) in [5, 5.41) is 3.33. The van der Waals surface area contributed by atoms with Crippen LogP contribution in [0.25, 0.3) is 0 Å². The summed E-state index contributed by atoms with van der Waals surface area (Å²) in [5.74, 6) is 0.304. The van der Waals surface area contributed by atoms with Gasteiger partial charge in [-0.25, -0.2) is 0 Å². The normalized spacial score (nSPS) is 28.2. The van der Waals surface area contributed by atoms with Gasteiger partial charge >= 0.3 is 0 Å². The summed E-state index contributed by atoms with van der Waals surface area (Å²) in [6, 6.07) is 0. The smallest absolute Gasteiger partial charge is 0.237 e. The molecule has 1 saturated heterocycles. The number of rotatable bonds is 5. The van der Waals surface area contributed by atoms with Crippen LogP contribution in [0.4, 0.5) is 0 Å². The Bertz CT molecular complexity index is 255. The highest BCUT2D eigenvalue weighted by atomic mass is 16.2. The fourth-order valence-corrected chi connectivity index (χ4v) is 2.98. The second-order valence-electron chi connectivity index (χ2n) is 5.41. The van der Waals surface area contributed by atoms with Crippen LogP contribution in [0, 0.1) is 5.41 Å². The molecule has 0 aromatic heterocycles. The molecule has 2 rings (SSSR count). The quantitative estimate of drug-likeness (QED) is 0.776. The van der Waals surface area contributed by atoms with Gasteiger partial charge in [0.15, 0.2) is 0 Å². The zero-order chi connectivity index (χ0) is 11.6. The molecule has 1 heterocycles. The number of carbonyl (C=O) groups is 1. The Morgan fingerprint density at radius 2 is 2.19 bits per heavy atom. The van der Waals surface area contributed by atoms with E-state index in [2.05, 4.69) is 24.1 Å². The van der Waals surface area contributed by atoms with E-state index in [1.807, 2.05) is 0 Å². The van der Waals surface area contributed by atoms with Gasteiger partial charge in [0.05, 0.1) is 12.7 Å². The van der Waals surface area contributed by atoms with Crippen molar-refractivity contribution < 1.29 is 4.79 Å². The van der Waals surface area contributed by atoms with Gasteiger partial charge in [-0.2, -0.15) is 0 Å². The molecule has 2 aliphatic rings. The average Bonchev–Trinajstić information content (AvgIpc) is 2.55. The van der Waals surface area contributed by atoms with Crippen LogP contribution < -0.4 is 5.32 Å². The van der Waals surface area contributed by atoms with Gasteiger partial charge in [-0.05, 0) is 31.1 Å². The molecule has 1 saturated carbocycles. The average molecular weight is 224 g/mol. The van der Waals surface area contributed by atoms with E-state index < -0.39 is 0 Å². The number of carbonyl (C=O) groups excluding carboxylic acids is 1. The van der Waals surface area contributed by atoms with Crippen molar-refractivity contribution in [2.45, 2.75) is 58.5 Å². The van der Waals surface area contributed by atoms with Crippen molar-refractivity contribution in [1.82, 2.24) is 10.2 Å². The van der Waals surface area contributed by atoms with Crippen molar-refractivity contribution in [2.24, 2.45) is 5.41 Å². The molecule has 0 radical (unpaired) electrons. The summed E-state index contributed by atoms with van der Waals surface area (Å²) >= 11 is 0. The van der Waals surface area contributed by atoms with Gasteiger partial charge in [0, 0.05) is 6.54 Å². The molecule has 3 heteroatoms. The third kappa shape index (κ3) is 2.10. The van der Waals surface area contributed by atoms with Crippen molar-refractivity contribution in [3.05, 3.63) is 0 Å². The Labute approximate surface area is 98.6 Å². The van der Waals surface area contributed by atoms with Gasteiger partial charge in [0.1, 0.15) is 0 Å². The van der Waals surface area contributed by atoms with Gasteiger partial charge in [0.25, 0.3) is 0 Å². The molecule has 0 spiro atoms. The Hall–Kier alpha value is -0.570. The highest BCUT2D eigenvalue weighted by molar-refractivity contribution is 5.80. The number of hydrogen-bond donors (Lipinski definition) is 1. The van der Waals surface area contributed by atoms with Gasteiger partial charge in [-0.15, -0.1) is 0 Å². The number of nitrogens with one attached hydrogen (secondary N) is 1. The number of nitrogens with zero attached hydrogens (tertiary/aromatic N) is 1. The van der Waals surface area contributed by atoms with Gasteiger partial charge in [-0.3, -0.25) is 10.1 Å². The van der Waals surface area contributed by atoms with Crippen molar-refractivity contribution >= 4 is 5.91 Å². The van der Waals surface area contributed by atoms with Crippen LogP contribution in [-0.4, -0.2) is 30.1 Å². The third-order valence-electron chi connectivity index (χ3n) is 4.42. The van der Waals surface area contributed by atoms with Crippen LogP contribution in [-0.2, 0) is 4.79 Å². The van der Waals surface area contributed by atoms with Crippen molar-refractivity contribution in [3.63, 3.8) is 0 Å². The lowest BCUT2D eigenvalue weighted by Crippen LogP contribution is -2.47. The minimum atomic E-state index is 0.304. The van der Waals surface area contributed by atoms with E-state index in [9.17, 15) is 4.79 Å². The van der Waals surface area contributed by atoms with Crippen molar-refractivity contribution in [1.29, 1.82) is 0 Å². The summed E-state index contributed by atoms with van der Waals surface area (Å²) in [7, 11) is 0. The van der Waals surface area contributed by atoms with Crippen LogP contribution >= 0.6 is 0 Å². The molecular weight excluding hydrogens is 200 g/mol. The molecular formula is C13H24N2O. The van der Waals surface area contributed by atoms with E-state index in [1.54, 1.807) is 0 Å². The molecule has 92 valence electrons. The zero-order valence-corrected chi connectivity index (χ0v) is 10.6. The third-order valence-corrected chi connectivity index (χ3v) is 4.42. The second kappa shape index (κ2) is 4.74. The molecule has 0 aromatic carbocycles. The predicted molar refractivity (Wildman–Crippen MR) is 65.0 cm³/mol. The van der Waals surface area contributed by atoms with Crippen LogP contribution in [0.15, 0.2) is 0 Å². The lowest BCUT2D eigenvalue weighted by atomic mass is 9.66. The molecule has 1 amide bonds. The first kappa shape index (κ1) is 11.9. The van der Waals surface area contributed by atoms with Gasteiger partial charge < -0.3 is 4.90 Å². The first-order chi connectivity index (χ1) is 7.71. The molecule has 2 fully saturated rings. The Balaban J connectivity index is 1.97. The van der Waals surface area contributed by atoms with Gasteiger partial charge in [0.2, 0.25) is 5.91 Å². The summed E-state index contributed by atoms with van der Waals surface area (Å²) in [6.07, 6.45) is 7.73. The first-order valence-electron chi connectivity index (χ1n) is 6.73. The molecule has 1 aliphatic carbocycles. The molecule has 0 bridgehead atoms. The standard InChI is InChI=1S/C13H24N2O/c1-3-6-11-14-9-12(16)15(11)10-13(4-2)7-5-8-13/h11,14H,3-10H2,1-2H3. The lowest BCUT2D eigenvalue weighted by Gasteiger charge is -2.45. The molecule has 0 aromatic rings. The summed E-state index contributed by atoms with van der Waals surface area (Å²) in [4.78, 5) is 14.0. The summed E-state index contributed by atoms with van der Waals surface area (Å²) < 4.78 is 0. The number of amides is 1. The largest absolute Gasteiger partial charge is 0.325 e. The first-order valence-corrected chi connectivity index (χ1v) is 6.73. The molecule has 1 aliphatic heterocycles. The Morgan fingerprint density at radius 3 is 2.69 bits per heavy atom. The van der Waals surface area contributed by atoms with E-state index in [0.29, 0.717) is 24.0 Å². The summed E-state index contributed by atoms with van der Waals surface area (Å²) in [6.45, 7) is 5.98. The molecule has 3 nitrogen and oxygen atoms in total. The Morgan fingerprint density at radius 1 is 1.44 bits per heavy atom. The van der Waals surface area contributed by atoms with Crippen LogP contribution in [0.1, 0.15) is 52.4 Å². The van der Waals surface area contributed by atoms with E-state index in [1.165, 1.54) is 25.7 Å². The van der Waals surface area contributed by atoms with E-state index in [4.69, 9.17) is 0 Å². The molecule has 1 N–H and O–H groups in total. The van der Waals surface area contributed by atoms with E-state index in [0.717, 1.165) is 19.4 Å². The SMILES string of the molecule is CCCC1NCC(=O)N1CC1(CC)CCC1. The fourth-order valence-electron chi connectivity index (χ4n) is 2.98.